The van der Waals surface area contributed by atoms with Crippen LogP contribution in [0.5, 0.6) is 0 Å². The number of imidazole rings is 1. The number of hydrogen-bond acceptors (Lipinski definition) is 7. The number of nitrogens with zero attached hydrogens (tertiary/aromatic N) is 1. The number of hydrogen-bond donors (Lipinski definition) is 2. The SMILES string of the molecule is COC(=O)c1c(NC(=O)COC(=O)c2ccc3nc(-c4ccccc4)[nH]c3c2)sc2c1CCc1ccccc1-2. The first-order valence-corrected chi connectivity index (χ1v) is 13.2. The molecule has 5 aromatic rings. The Morgan fingerprint density at radius 3 is 2.59 bits per heavy atom. The van der Waals surface area contributed by atoms with E-state index in [9.17, 15) is 14.4 Å². The molecular weight excluding hydrogens is 514 g/mol. The molecule has 0 fully saturated rings. The number of thiophene rings is 1. The van der Waals surface area contributed by atoms with E-state index in [1.54, 1.807) is 18.2 Å². The zero-order valence-electron chi connectivity index (χ0n) is 20.9. The van der Waals surface area contributed by atoms with Crippen LogP contribution in [0.15, 0.2) is 72.8 Å². The van der Waals surface area contributed by atoms with E-state index in [0.29, 0.717) is 33.8 Å². The number of aromatic nitrogens is 2. The third kappa shape index (κ3) is 4.68. The Labute approximate surface area is 227 Å². The molecule has 3 aromatic carbocycles. The van der Waals surface area contributed by atoms with Gasteiger partial charge in [0.25, 0.3) is 5.91 Å². The van der Waals surface area contributed by atoms with Gasteiger partial charge >= 0.3 is 11.9 Å². The van der Waals surface area contributed by atoms with Crippen LogP contribution in [-0.4, -0.2) is 41.5 Å². The highest BCUT2D eigenvalue weighted by Gasteiger charge is 2.29. The molecule has 0 atom stereocenters. The van der Waals surface area contributed by atoms with Crippen molar-refractivity contribution in [1.82, 2.24) is 9.97 Å². The van der Waals surface area contributed by atoms with Crippen molar-refractivity contribution in [3.8, 4) is 21.8 Å². The lowest BCUT2D eigenvalue weighted by Gasteiger charge is -2.16. The molecule has 0 spiro atoms. The van der Waals surface area contributed by atoms with Gasteiger partial charge in [-0.05, 0) is 47.7 Å². The number of aromatic amines is 1. The molecule has 1 aliphatic carbocycles. The minimum atomic E-state index is -0.643. The Kier molecular flexibility index (Phi) is 6.42. The van der Waals surface area contributed by atoms with Gasteiger partial charge in [-0.15, -0.1) is 11.3 Å². The maximum Gasteiger partial charge on any atom is 0.341 e. The number of aryl methyl sites for hydroxylation is 1. The van der Waals surface area contributed by atoms with Gasteiger partial charge < -0.3 is 19.8 Å². The van der Waals surface area contributed by atoms with Crippen molar-refractivity contribution in [3.63, 3.8) is 0 Å². The number of carbonyl (C=O) groups is 3. The number of carbonyl (C=O) groups excluding carboxylic acids is 3. The van der Waals surface area contributed by atoms with E-state index in [0.717, 1.165) is 28.0 Å². The molecule has 0 unspecified atom stereocenters. The highest BCUT2D eigenvalue weighted by Crippen LogP contribution is 2.45. The predicted molar refractivity (Wildman–Crippen MR) is 149 cm³/mol. The second-order valence-electron chi connectivity index (χ2n) is 9.07. The minimum Gasteiger partial charge on any atom is -0.465 e. The van der Waals surface area contributed by atoms with E-state index >= 15 is 0 Å². The molecule has 194 valence electrons. The molecular formula is C30H23N3O5S. The summed E-state index contributed by atoms with van der Waals surface area (Å²) >= 11 is 1.32. The molecule has 1 aliphatic rings. The number of ether oxygens (including phenoxy) is 2. The Morgan fingerprint density at radius 2 is 1.77 bits per heavy atom. The first-order valence-electron chi connectivity index (χ1n) is 12.4. The van der Waals surface area contributed by atoms with E-state index in [2.05, 4.69) is 21.4 Å². The zero-order valence-corrected chi connectivity index (χ0v) is 21.8. The van der Waals surface area contributed by atoms with Gasteiger partial charge in [-0.3, -0.25) is 4.79 Å². The summed E-state index contributed by atoms with van der Waals surface area (Å²) < 4.78 is 10.3. The number of amides is 1. The van der Waals surface area contributed by atoms with Gasteiger partial charge in [0.15, 0.2) is 6.61 Å². The molecule has 0 saturated heterocycles. The summed E-state index contributed by atoms with van der Waals surface area (Å²) in [5.74, 6) is -1.01. The lowest BCUT2D eigenvalue weighted by atomic mass is 9.89. The van der Waals surface area contributed by atoms with Crippen molar-refractivity contribution < 1.29 is 23.9 Å². The van der Waals surface area contributed by atoms with Crippen LogP contribution in [0.4, 0.5) is 5.00 Å². The lowest BCUT2D eigenvalue weighted by Crippen LogP contribution is -2.21. The fourth-order valence-corrected chi connectivity index (χ4v) is 6.11. The summed E-state index contributed by atoms with van der Waals surface area (Å²) in [5, 5.41) is 3.14. The molecule has 0 saturated carbocycles. The van der Waals surface area contributed by atoms with Gasteiger partial charge in [-0.1, -0.05) is 54.6 Å². The monoisotopic (exact) mass is 537 g/mol. The highest BCUT2D eigenvalue weighted by molar-refractivity contribution is 7.20. The summed E-state index contributed by atoms with van der Waals surface area (Å²) in [5.41, 5.74) is 6.06. The van der Waals surface area contributed by atoms with Gasteiger partial charge in [0, 0.05) is 10.4 Å². The third-order valence-corrected chi connectivity index (χ3v) is 7.84. The fraction of sp³-hybridized carbons (Fsp3) is 0.133. The van der Waals surface area contributed by atoms with Crippen molar-refractivity contribution in [1.29, 1.82) is 0 Å². The quantitative estimate of drug-likeness (QED) is 0.271. The van der Waals surface area contributed by atoms with Crippen molar-refractivity contribution in [3.05, 3.63) is 95.1 Å². The summed E-state index contributed by atoms with van der Waals surface area (Å²) in [7, 11) is 1.32. The van der Waals surface area contributed by atoms with Gasteiger partial charge in [0.2, 0.25) is 0 Å². The van der Waals surface area contributed by atoms with Crippen LogP contribution in [0, 0.1) is 0 Å². The predicted octanol–water partition coefficient (Wildman–Crippen LogP) is 5.64. The maximum atomic E-state index is 12.8. The summed E-state index contributed by atoms with van der Waals surface area (Å²) in [6.45, 7) is -0.505. The van der Waals surface area contributed by atoms with Crippen LogP contribution in [-0.2, 0) is 27.1 Å². The molecule has 2 heterocycles. The first-order chi connectivity index (χ1) is 19.0. The first kappa shape index (κ1) is 24.6. The molecule has 39 heavy (non-hydrogen) atoms. The number of benzene rings is 3. The van der Waals surface area contributed by atoms with Crippen molar-refractivity contribution in [2.45, 2.75) is 12.8 Å². The molecule has 9 heteroatoms. The highest BCUT2D eigenvalue weighted by atomic mass is 32.1. The fourth-order valence-electron chi connectivity index (χ4n) is 4.79. The smallest absolute Gasteiger partial charge is 0.341 e. The van der Waals surface area contributed by atoms with E-state index < -0.39 is 24.5 Å². The molecule has 0 bridgehead atoms. The largest absolute Gasteiger partial charge is 0.465 e. The second-order valence-corrected chi connectivity index (χ2v) is 10.1. The van der Waals surface area contributed by atoms with E-state index in [1.807, 2.05) is 48.5 Å². The number of anilines is 1. The summed E-state index contributed by atoms with van der Waals surface area (Å²) in [6, 6.07) is 22.7. The van der Waals surface area contributed by atoms with Gasteiger partial charge in [0.05, 0.1) is 29.3 Å². The van der Waals surface area contributed by atoms with Crippen LogP contribution < -0.4 is 5.32 Å². The second kappa shape index (κ2) is 10.2. The number of esters is 2. The number of H-pyrrole nitrogens is 1. The van der Waals surface area contributed by atoms with Crippen LogP contribution in [0.1, 0.15) is 31.8 Å². The molecule has 1 amide bonds. The van der Waals surface area contributed by atoms with E-state index in [-0.39, 0.29) is 5.56 Å². The van der Waals surface area contributed by atoms with Crippen LogP contribution in [0.2, 0.25) is 0 Å². The van der Waals surface area contributed by atoms with Gasteiger partial charge in [-0.25, -0.2) is 14.6 Å². The van der Waals surface area contributed by atoms with E-state index in [1.165, 1.54) is 24.0 Å². The van der Waals surface area contributed by atoms with Gasteiger partial charge in [0.1, 0.15) is 10.8 Å². The Morgan fingerprint density at radius 1 is 0.974 bits per heavy atom. The summed E-state index contributed by atoms with van der Waals surface area (Å²) in [4.78, 5) is 46.9. The lowest BCUT2D eigenvalue weighted by molar-refractivity contribution is -0.119. The van der Waals surface area contributed by atoms with Crippen molar-refractivity contribution in [2.75, 3.05) is 19.0 Å². The minimum absolute atomic E-state index is 0.289. The zero-order chi connectivity index (χ0) is 26.9. The Hall–Kier alpha value is -4.76. The average molecular weight is 538 g/mol. The molecule has 0 radical (unpaired) electrons. The Bertz CT molecular complexity index is 1740. The maximum absolute atomic E-state index is 12.8. The van der Waals surface area contributed by atoms with Gasteiger partial charge in [-0.2, -0.15) is 0 Å². The van der Waals surface area contributed by atoms with Crippen LogP contribution in [0.3, 0.4) is 0 Å². The number of rotatable bonds is 6. The van der Waals surface area contributed by atoms with Crippen LogP contribution >= 0.6 is 11.3 Å². The third-order valence-electron chi connectivity index (χ3n) is 6.66. The topological polar surface area (TPSA) is 110 Å². The molecule has 2 aromatic heterocycles. The molecule has 2 N–H and O–H groups in total. The number of nitrogens with one attached hydrogen (secondary N) is 2. The van der Waals surface area contributed by atoms with Crippen molar-refractivity contribution >= 4 is 45.2 Å². The van der Waals surface area contributed by atoms with Crippen molar-refractivity contribution in [2.24, 2.45) is 0 Å². The number of fused-ring (bicyclic) bond motifs is 4. The van der Waals surface area contributed by atoms with Crippen LogP contribution in [0.25, 0.3) is 32.9 Å². The van der Waals surface area contributed by atoms with E-state index in [4.69, 9.17) is 9.47 Å². The Balaban J connectivity index is 1.17. The molecule has 8 nitrogen and oxygen atoms in total. The molecule has 0 aliphatic heterocycles. The summed E-state index contributed by atoms with van der Waals surface area (Å²) in [6.07, 6.45) is 1.46. The molecule has 6 rings (SSSR count). The standard InChI is InChI=1S/C30H23N3O5S/c1-37-30(36)25-21-13-11-17-7-5-6-10-20(17)26(21)39-28(25)33-24(34)16-38-29(35)19-12-14-22-23(15-19)32-27(31-22)18-8-3-2-4-9-18/h2-10,12,14-15H,11,13,16H2,1H3,(H,31,32)(H,33,34). The average Bonchev–Trinajstić information content (AvgIpc) is 3.57. The normalized spacial score (nSPS) is 11.9. The number of methoxy groups -OCH3 is 1.